The van der Waals surface area contributed by atoms with Gasteiger partial charge in [0.2, 0.25) is 23.5 Å². The second-order valence-corrected chi connectivity index (χ2v) is 15.2. The minimum atomic E-state index is -1.36. The van der Waals surface area contributed by atoms with Gasteiger partial charge in [-0.25, -0.2) is 9.59 Å². The molecule has 4 amide bonds. The fraction of sp³-hybridized carbons (Fsp3) is 0.439. The van der Waals surface area contributed by atoms with E-state index in [1.54, 1.807) is 58.0 Å². The fourth-order valence-corrected chi connectivity index (χ4v) is 6.79. The maximum atomic E-state index is 14.3. The number of amides is 4. The summed E-state index contributed by atoms with van der Waals surface area (Å²) in [6.45, 7) is 8.63. The molecular formula is C41H49N5O12. The highest BCUT2D eigenvalue weighted by Crippen LogP contribution is 2.46. The molecule has 0 saturated heterocycles. The van der Waals surface area contributed by atoms with Gasteiger partial charge in [0.05, 0.1) is 26.3 Å². The van der Waals surface area contributed by atoms with Crippen LogP contribution in [-0.2, 0) is 47.9 Å². The Balaban J connectivity index is 1.80. The highest BCUT2D eigenvalue weighted by molar-refractivity contribution is 5.95. The molecule has 0 spiro atoms. The van der Waals surface area contributed by atoms with Gasteiger partial charge in [0.15, 0.2) is 11.5 Å². The fourth-order valence-electron chi connectivity index (χ4n) is 6.79. The van der Waals surface area contributed by atoms with Crippen LogP contribution in [0.4, 0.5) is 10.5 Å². The van der Waals surface area contributed by atoms with E-state index >= 15 is 0 Å². The third-order valence-corrected chi connectivity index (χ3v) is 9.87. The second kappa shape index (κ2) is 17.8. The molecule has 3 aliphatic heterocycles. The summed E-state index contributed by atoms with van der Waals surface area (Å²) in [5.74, 6) is -3.06. The molecule has 310 valence electrons. The second-order valence-electron chi connectivity index (χ2n) is 15.2. The van der Waals surface area contributed by atoms with Gasteiger partial charge in [-0.2, -0.15) is 0 Å². The van der Waals surface area contributed by atoms with E-state index in [-0.39, 0.29) is 36.5 Å². The molecule has 0 unspecified atom stereocenters. The van der Waals surface area contributed by atoms with Gasteiger partial charge in [-0.1, -0.05) is 32.4 Å². The summed E-state index contributed by atoms with van der Waals surface area (Å²) in [6.07, 6.45) is -0.882. The first-order chi connectivity index (χ1) is 27.4. The number of nitrogens with zero attached hydrogens (tertiary/aromatic N) is 1. The van der Waals surface area contributed by atoms with E-state index < -0.39 is 76.1 Å². The topological polar surface area (TPSA) is 223 Å². The quantitative estimate of drug-likeness (QED) is 0.149. The summed E-state index contributed by atoms with van der Waals surface area (Å²) in [5.41, 5.74) is 0.772. The molecular weight excluding hydrogens is 754 g/mol. The predicted octanol–water partition coefficient (Wildman–Crippen LogP) is 4.29. The molecule has 0 radical (unpaired) electrons. The molecule has 17 nitrogen and oxygen atoms in total. The molecule has 0 fully saturated rings. The molecule has 0 aliphatic carbocycles. The Morgan fingerprint density at radius 3 is 2.19 bits per heavy atom. The molecule has 3 aliphatic rings. The zero-order chi connectivity index (χ0) is 42.5. The molecule has 3 aromatic rings. The Morgan fingerprint density at radius 2 is 1.55 bits per heavy atom. The van der Waals surface area contributed by atoms with Gasteiger partial charge >= 0.3 is 17.7 Å². The largest absolute Gasteiger partial charge is 0.496 e. The third kappa shape index (κ3) is 9.94. The van der Waals surface area contributed by atoms with Crippen LogP contribution in [0.2, 0.25) is 0 Å². The summed E-state index contributed by atoms with van der Waals surface area (Å²) in [7, 11) is 3.99. The van der Waals surface area contributed by atoms with E-state index in [1.807, 2.05) is 6.92 Å². The molecule has 17 heteroatoms. The number of nitro benzene ring substituents is 1. The highest BCUT2D eigenvalue weighted by Gasteiger charge is 2.36. The van der Waals surface area contributed by atoms with Crippen LogP contribution in [0, 0.1) is 16.0 Å². The summed E-state index contributed by atoms with van der Waals surface area (Å²) < 4.78 is 28.5. The highest BCUT2D eigenvalue weighted by atomic mass is 16.6. The predicted molar refractivity (Wildman–Crippen MR) is 210 cm³/mol. The van der Waals surface area contributed by atoms with Crippen LogP contribution in [-0.4, -0.2) is 85.8 Å². The Labute approximate surface area is 335 Å². The van der Waals surface area contributed by atoms with Gasteiger partial charge in [-0.3, -0.25) is 24.5 Å². The SMILES string of the molecule is CC[C@H](C)[C@@H]1NC(=O)[C@@H](NC(=O)OC(C)(C)C)Cc2ccc(OC)c(c2)-c2cc3cc(c2OC)Oc2ccc(cc2[N+](=O)[O-])C[C@@H](C(=O)OC)NC(=O)[C@@H](C3)NC1=O. The first-order valence-electron chi connectivity index (χ1n) is 18.8. The van der Waals surface area contributed by atoms with E-state index in [9.17, 15) is 34.1 Å². The monoisotopic (exact) mass is 803 g/mol. The van der Waals surface area contributed by atoms with Crippen LogP contribution in [0.1, 0.15) is 57.7 Å². The summed E-state index contributed by atoms with van der Waals surface area (Å²) in [6, 6.07) is 7.40. The van der Waals surface area contributed by atoms with Crippen molar-refractivity contribution in [2.45, 2.75) is 90.1 Å². The van der Waals surface area contributed by atoms with E-state index in [1.165, 1.54) is 32.4 Å². The average Bonchev–Trinajstić information content (AvgIpc) is 3.17. The van der Waals surface area contributed by atoms with Crippen molar-refractivity contribution >= 4 is 35.5 Å². The van der Waals surface area contributed by atoms with E-state index in [4.69, 9.17) is 23.7 Å². The number of rotatable bonds is 7. The van der Waals surface area contributed by atoms with Crippen LogP contribution in [0.25, 0.3) is 11.1 Å². The summed E-state index contributed by atoms with van der Waals surface area (Å²) in [4.78, 5) is 80.8. The zero-order valence-electron chi connectivity index (χ0n) is 33.7. The van der Waals surface area contributed by atoms with E-state index in [0.717, 1.165) is 7.11 Å². The number of alkyl carbamates (subject to hydrolysis) is 1. The van der Waals surface area contributed by atoms with Crippen LogP contribution in [0.5, 0.6) is 23.0 Å². The lowest BCUT2D eigenvalue weighted by molar-refractivity contribution is -0.385. The Bertz CT molecular complexity index is 2100. The number of hydrogen-bond donors (Lipinski definition) is 4. The first-order valence-corrected chi connectivity index (χ1v) is 18.8. The molecule has 0 aromatic heterocycles. The van der Waals surface area contributed by atoms with Gasteiger partial charge in [-0.05, 0) is 73.7 Å². The summed E-state index contributed by atoms with van der Waals surface area (Å²) in [5, 5.41) is 23.3. The molecule has 3 heterocycles. The number of esters is 1. The molecule has 3 aromatic carbocycles. The standard InChI is InChI=1S/C41H49N5O12/c1-9-21(2)34-38(49)42-27-18-24-15-26(25-14-22(10-12-31(25)54-6)16-28(37(48)45-34)44-40(51)58-41(3,4)5)35(55-7)33(20-24)57-32-13-11-23(19-30(32)46(52)53)17-29(39(50)56-8)43-36(27)47/h10-15,19-21,27-29,34H,9,16-18H2,1-8H3,(H,42,49)(H,43,47)(H,44,51)(H,45,48)/t21-,27+,28-,29-,34-/m0/s1. The number of fused-ring (bicyclic) bond motifs is 9. The van der Waals surface area contributed by atoms with Crippen LogP contribution < -0.4 is 35.5 Å². The Hall–Kier alpha value is -6.39. The van der Waals surface area contributed by atoms with E-state index in [0.29, 0.717) is 40.0 Å². The first kappa shape index (κ1) is 42.7. The lowest BCUT2D eigenvalue weighted by atomic mass is 9.94. The number of ether oxygens (including phenoxy) is 5. The average molecular weight is 804 g/mol. The molecule has 5 atom stereocenters. The van der Waals surface area contributed by atoms with Crippen molar-refractivity contribution in [3.05, 3.63) is 75.3 Å². The zero-order valence-corrected chi connectivity index (χ0v) is 33.7. The van der Waals surface area contributed by atoms with Gasteiger partial charge < -0.3 is 45.0 Å². The minimum absolute atomic E-state index is 0.0383. The minimum Gasteiger partial charge on any atom is -0.496 e. The van der Waals surface area contributed by atoms with Gasteiger partial charge in [0.25, 0.3) is 0 Å². The number of nitrogens with one attached hydrogen (secondary N) is 4. The normalized spacial score (nSPS) is 20.1. The molecule has 6 rings (SSSR count). The molecule has 0 saturated carbocycles. The molecule has 4 N–H and O–H groups in total. The van der Waals surface area contributed by atoms with Crippen LogP contribution in [0.3, 0.4) is 0 Å². The lowest BCUT2D eigenvalue weighted by Crippen LogP contribution is -2.60. The number of nitro groups is 1. The maximum absolute atomic E-state index is 14.3. The van der Waals surface area contributed by atoms with Crippen LogP contribution in [0.15, 0.2) is 48.5 Å². The van der Waals surface area contributed by atoms with Gasteiger partial charge in [0.1, 0.15) is 35.5 Å². The van der Waals surface area contributed by atoms with Gasteiger partial charge in [0, 0.05) is 36.5 Å². The smallest absolute Gasteiger partial charge is 0.408 e. The van der Waals surface area contributed by atoms with Crippen molar-refractivity contribution in [1.82, 2.24) is 21.3 Å². The van der Waals surface area contributed by atoms with Crippen molar-refractivity contribution in [3.63, 3.8) is 0 Å². The number of hydrogen-bond acceptors (Lipinski definition) is 12. The van der Waals surface area contributed by atoms with E-state index in [2.05, 4.69) is 21.3 Å². The van der Waals surface area contributed by atoms with Crippen molar-refractivity contribution in [2.24, 2.45) is 5.92 Å². The third-order valence-electron chi connectivity index (χ3n) is 9.87. The molecule has 8 bridgehead atoms. The maximum Gasteiger partial charge on any atom is 0.408 e. The number of carbonyl (C=O) groups is 5. The van der Waals surface area contributed by atoms with Crippen molar-refractivity contribution in [2.75, 3.05) is 21.3 Å². The lowest BCUT2D eigenvalue weighted by Gasteiger charge is -2.29. The van der Waals surface area contributed by atoms with Crippen LogP contribution >= 0.6 is 0 Å². The number of carbonyl (C=O) groups excluding carboxylic acids is 5. The van der Waals surface area contributed by atoms with Crippen molar-refractivity contribution in [1.29, 1.82) is 0 Å². The Kier molecular flexibility index (Phi) is 13.1. The van der Waals surface area contributed by atoms with Crippen molar-refractivity contribution in [3.8, 4) is 34.1 Å². The van der Waals surface area contributed by atoms with Crippen molar-refractivity contribution < 1.29 is 52.6 Å². The van der Waals surface area contributed by atoms with Gasteiger partial charge in [-0.15, -0.1) is 0 Å². The number of methoxy groups -OCH3 is 3. The number of benzene rings is 3. The summed E-state index contributed by atoms with van der Waals surface area (Å²) >= 11 is 0. The Morgan fingerprint density at radius 1 is 0.862 bits per heavy atom. The molecule has 58 heavy (non-hydrogen) atoms.